The molecule has 2 aromatic rings. The molecule has 1 aliphatic rings. The van der Waals surface area contributed by atoms with E-state index in [4.69, 9.17) is 9.47 Å². The molecule has 1 heterocycles. The molecule has 6 heteroatoms. The van der Waals surface area contributed by atoms with E-state index in [-0.39, 0.29) is 24.5 Å². The zero-order valence-corrected chi connectivity index (χ0v) is 16.3. The third kappa shape index (κ3) is 5.03. The molecule has 0 atom stereocenters. The van der Waals surface area contributed by atoms with Gasteiger partial charge in [-0.2, -0.15) is 0 Å². The molecule has 1 fully saturated rings. The average Bonchev–Trinajstić information content (AvgIpc) is 2.72. The topological polar surface area (TPSA) is 67.9 Å². The van der Waals surface area contributed by atoms with Crippen LogP contribution in [-0.4, -0.2) is 49.6 Å². The summed E-state index contributed by atoms with van der Waals surface area (Å²) < 4.78 is 10.8. The number of rotatable bonds is 6. The minimum Gasteiger partial charge on any atom is -0.493 e. The molecule has 0 spiro atoms. The minimum absolute atomic E-state index is 0.0271. The van der Waals surface area contributed by atoms with E-state index in [1.165, 1.54) is 0 Å². The molecule has 0 aromatic heterocycles. The van der Waals surface area contributed by atoms with Gasteiger partial charge in [-0.25, -0.2) is 0 Å². The molecule has 1 N–H and O–H groups in total. The Labute approximate surface area is 165 Å². The van der Waals surface area contributed by atoms with Crippen molar-refractivity contribution in [3.8, 4) is 11.5 Å². The summed E-state index contributed by atoms with van der Waals surface area (Å²) >= 11 is 0. The Kier molecular flexibility index (Phi) is 6.53. The van der Waals surface area contributed by atoms with Crippen molar-refractivity contribution in [2.45, 2.75) is 25.8 Å². The van der Waals surface area contributed by atoms with E-state index in [1.807, 2.05) is 43.3 Å². The Balaban J connectivity index is 1.45. The van der Waals surface area contributed by atoms with Crippen LogP contribution in [0, 0.1) is 6.92 Å². The van der Waals surface area contributed by atoms with Crippen molar-refractivity contribution in [3.63, 3.8) is 0 Å². The summed E-state index contributed by atoms with van der Waals surface area (Å²) in [6, 6.07) is 14.9. The fourth-order valence-electron chi connectivity index (χ4n) is 3.30. The maximum absolute atomic E-state index is 12.4. The monoisotopic (exact) mass is 382 g/mol. The number of ether oxygens (including phenoxy) is 2. The maximum Gasteiger partial charge on any atom is 0.260 e. The van der Waals surface area contributed by atoms with Crippen LogP contribution in [0.4, 0.5) is 0 Å². The molecule has 28 heavy (non-hydrogen) atoms. The average molecular weight is 382 g/mol. The lowest BCUT2D eigenvalue weighted by atomic mass is 10.0. The van der Waals surface area contributed by atoms with Gasteiger partial charge in [0.25, 0.3) is 11.8 Å². The predicted molar refractivity (Wildman–Crippen MR) is 107 cm³/mol. The quantitative estimate of drug-likeness (QED) is 0.834. The van der Waals surface area contributed by atoms with Crippen molar-refractivity contribution in [2.24, 2.45) is 0 Å². The first-order valence-corrected chi connectivity index (χ1v) is 9.48. The first-order chi connectivity index (χ1) is 13.6. The van der Waals surface area contributed by atoms with E-state index in [9.17, 15) is 9.59 Å². The Morgan fingerprint density at radius 3 is 2.46 bits per heavy atom. The Hall–Kier alpha value is -3.02. The number of para-hydroxylation sites is 2. The van der Waals surface area contributed by atoms with Crippen molar-refractivity contribution >= 4 is 11.8 Å². The largest absolute Gasteiger partial charge is 0.493 e. The summed E-state index contributed by atoms with van der Waals surface area (Å²) in [4.78, 5) is 26.6. The number of piperidine rings is 1. The Bertz CT molecular complexity index is 829. The van der Waals surface area contributed by atoms with Gasteiger partial charge in [0.05, 0.1) is 7.11 Å². The fraction of sp³-hybridized carbons (Fsp3) is 0.364. The lowest BCUT2D eigenvalue weighted by Crippen LogP contribution is -2.47. The number of amides is 2. The van der Waals surface area contributed by atoms with Gasteiger partial charge in [0.15, 0.2) is 18.1 Å². The van der Waals surface area contributed by atoms with Gasteiger partial charge in [0.1, 0.15) is 0 Å². The van der Waals surface area contributed by atoms with Crippen LogP contribution in [0.3, 0.4) is 0 Å². The van der Waals surface area contributed by atoms with Gasteiger partial charge in [-0.15, -0.1) is 0 Å². The summed E-state index contributed by atoms with van der Waals surface area (Å²) in [7, 11) is 1.57. The number of nitrogens with one attached hydrogen (secondary N) is 1. The number of hydrogen-bond acceptors (Lipinski definition) is 4. The summed E-state index contributed by atoms with van der Waals surface area (Å²) in [5, 5.41) is 3.07. The predicted octanol–water partition coefficient (Wildman–Crippen LogP) is 2.80. The van der Waals surface area contributed by atoms with Gasteiger partial charge in [-0.3, -0.25) is 9.59 Å². The van der Waals surface area contributed by atoms with Crippen LogP contribution in [0.25, 0.3) is 0 Å². The number of aryl methyl sites for hydroxylation is 1. The van der Waals surface area contributed by atoms with Gasteiger partial charge >= 0.3 is 0 Å². The number of carbonyl (C=O) groups is 2. The summed E-state index contributed by atoms with van der Waals surface area (Å²) in [5.41, 5.74) is 1.73. The third-order valence-corrected chi connectivity index (χ3v) is 4.88. The van der Waals surface area contributed by atoms with Crippen molar-refractivity contribution in [3.05, 3.63) is 59.7 Å². The summed E-state index contributed by atoms with van der Waals surface area (Å²) in [6.45, 7) is 3.15. The molecule has 3 rings (SSSR count). The second kappa shape index (κ2) is 9.26. The van der Waals surface area contributed by atoms with Gasteiger partial charge in [0.2, 0.25) is 0 Å². The normalized spacial score (nSPS) is 14.4. The molecule has 148 valence electrons. The third-order valence-electron chi connectivity index (χ3n) is 4.88. The van der Waals surface area contributed by atoms with Gasteiger partial charge in [0, 0.05) is 24.7 Å². The maximum atomic E-state index is 12.4. The molecule has 0 radical (unpaired) electrons. The highest BCUT2D eigenvalue weighted by Crippen LogP contribution is 2.25. The van der Waals surface area contributed by atoms with Crippen LogP contribution in [0.1, 0.15) is 28.8 Å². The zero-order valence-electron chi connectivity index (χ0n) is 16.3. The number of carbonyl (C=O) groups excluding carboxylic acids is 2. The lowest BCUT2D eigenvalue weighted by Gasteiger charge is -2.32. The van der Waals surface area contributed by atoms with Crippen LogP contribution < -0.4 is 14.8 Å². The highest BCUT2D eigenvalue weighted by Gasteiger charge is 2.24. The standard InChI is InChI=1S/C22H26N2O4/c1-16-6-5-7-17(14-16)22(26)23-18-10-12-24(13-11-18)21(25)15-28-20-9-4-3-8-19(20)27-2/h3-9,14,18H,10-13,15H2,1-2H3,(H,23,26). The van der Waals surface area contributed by atoms with E-state index in [2.05, 4.69) is 5.32 Å². The van der Waals surface area contributed by atoms with Crippen LogP contribution in [0.2, 0.25) is 0 Å². The number of likely N-dealkylation sites (tertiary alicyclic amines) is 1. The number of nitrogens with zero attached hydrogens (tertiary/aromatic N) is 1. The molecular weight excluding hydrogens is 356 g/mol. The van der Waals surface area contributed by atoms with Gasteiger partial charge in [-0.05, 0) is 44.0 Å². The van der Waals surface area contributed by atoms with Crippen LogP contribution in [-0.2, 0) is 4.79 Å². The number of benzene rings is 2. The summed E-state index contributed by atoms with van der Waals surface area (Å²) in [6.07, 6.45) is 1.47. The molecule has 0 bridgehead atoms. The molecule has 2 amide bonds. The van der Waals surface area contributed by atoms with E-state index < -0.39 is 0 Å². The second-order valence-corrected chi connectivity index (χ2v) is 6.94. The molecule has 6 nitrogen and oxygen atoms in total. The van der Waals surface area contributed by atoms with Crippen molar-refractivity contribution in [1.82, 2.24) is 10.2 Å². The Morgan fingerprint density at radius 1 is 1.07 bits per heavy atom. The second-order valence-electron chi connectivity index (χ2n) is 6.94. The SMILES string of the molecule is COc1ccccc1OCC(=O)N1CCC(NC(=O)c2cccc(C)c2)CC1. The smallest absolute Gasteiger partial charge is 0.260 e. The van der Waals surface area contributed by atoms with Crippen molar-refractivity contribution in [2.75, 3.05) is 26.8 Å². The number of hydrogen-bond donors (Lipinski definition) is 1. The molecule has 1 saturated heterocycles. The summed E-state index contributed by atoms with van der Waals surface area (Å²) in [5.74, 6) is 1.04. The molecule has 1 aliphatic heterocycles. The van der Waals surface area contributed by atoms with E-state index in [1.54, 1.807) is 24.1 Å². The minimum atomic E-state index is -0.0621. The van der Waals surface area contributed by atoms with Crippen LogP contribution in [0.15, 0.2) is 48.5 Å². The highest BCUT2D eigenvalue weighted by molar-refractivity contribution is 5.94. The van der Waals surface area contributed by atoms with Gasteiger partial charge in [-0.1, -0.05) is 29.8 Å². The lowest BCUT2D eigenvalue weighted by molar-refractivity contribution is -0.134. The molecular formula is C22H26N2O4. The highest BCUT2D eigenvalue weighted by atomic mass is 16.5. The van der Waals surface area contributed by atoms with E-state index in [0.29, 0.717) is 30.2 Å². The first-order valence-electron chi connectivity index (χ1n) is 9.48. The Morgan fingerprint density at radius 2 is 1.79 bits per heavy atom. The van der Waals surface area contributed by atoms with Crippen LogP contribution >= 0.6 is 0 Å². The number of methoxy groups -OCH3 is 1. The zero-order chi connectivity index (χ0) is 19.9. The molecule has 0 saturated carbocycles. The van der Waals surface area contributed by atoms with E-state index >= 15 is 0 Å². The molecule has 0 aliphatic carbocycles. The van der Waals surface area contributed by atoms with Gasteiger partial charge < -0.3 is 19.7 Å². The van der Waals surface area contributed by atoms with E-state index in [0.717, 1.165) is 18.4 Å². The molecule has 0 unspecified atom stereocenters. The molecule has 2 aromatic carbocycles. The van der Waals surface area contributed by atoms with Crippen LogP contribution in [0.5, 0.6) is 11.5 Å². The van der Waals surface area contributed by atoms with Crippen molar-refractivity contribution < 1.29 is 19.1 Å². The fourth-order valence-corrected chi connectivity index (χ4v) is 3.30. The first kappa shape index (κ1) is 19.7. The van der Waals surface area contributed by atoms with Crippen molar-refractivity contribution in [1.29, 1.82) is 0 Å².